The molecule has 154 valence electrons. The number of anilines is 1. The first kappa shape index (κ1) is 19.5. The highest BCUT2D eigenvalue weighted by atomic mass is 19.1. The van der Waals surface area contributed by atoms with Crippen molar-refractivity contribution in [2.75, 3.05) is 5.73 Å². The van der Waals surface area contributed by atoms with Gasteiger partial charge < -0.3 is 19.9 Å². The van der Waals surface area contributed by atoms with Crippen molar-refractivity contribution in [3.8, 4) is 22.8 Å². The maximum Gasteiger partial charge on any atom is 0.252 e. The summed E-state index contributed by atoms with van der Waals surface area (Å²) in [6.07, 6.45) is 5.32. The van der Waals surface area contributed by atoms with Crippen LogP contribution in [0.5, 0.6) is 0 Å². The summed E-state index contributed by atoms with van der Waals surface area (Å²) >= 11 is 0. The van der Waals surface area contributed by atoms with Crippen LogP contribution in [0.25, 0.3) is 22.8 Å². The number of hydrogen-bond donors (Lipinski definition) is 2. The largest absolute Gasteiger partial charge is 0.383 e. The number of nitrogens with zero attached hydrogens (tertiary/aromatic N) is 5. The van der Waals surface area contributed by atoms with Crippen LogP contribution in [-0.4, -0.2) is 29.1 Å². The van der Waals surface area contributed by atoms with Gasteiger partial charge in [0, 0.05) is 43.5 Å². The van der Waals surface area contributed by atoms with E-state index in [2.05, 4.69) is 19.9 Å². The number of benzene rings is 1. The first-order valence-electron chi connectivity index (χ1n) is 9.34. The number of rotatable bonds is 6. The van der Waals surface area contributed by atoms with Gasteiger partial charge in [0.1, 0.15) is 34.7 Å². The molecule has 3 N–H and O–H groups in total. The lowest BCUT2D eigenvalue weighted by Crippen LogP contribution is -2.14. The lowest BCUT2D eigenvalue weighted by Gasteiger charge is -2.12. The van der Waals surface area contributed by atoms with E-state index >= 15 is 0 Å². The van der Waals surface area contributed by atoms with Crippen LogP contribution in [0.15, 0.2) is 47.8 Å². The van der Waals surface area contributed by atoms with Crippen molar-refractivity contribution in [2.24, 2.45) is 0 Å². The van der Waals surface area contributed by atoms with E-state index in [0.29, 0.717) is 36.9 Å². The Morgan fingerprint density at radius 1 is 1.17 bits per heavy atom. The molecule has 0 aliphatic heterocycles. The molecule has 0 unspecified atom stereocenters. The molecular weight excluding hydrogens is 392 g/mol. The molecule has 0 spiro atoms. The van der Waals surface area contributed by atoms with Crippen LogP contribution in [0, 0.1) is 11.6 Å². The third-order valence-corrected chi connectivity index (χ3v) is 4.69. The van der Waals surface area contributed by atoms with Crippen LogP contribution >= 0.6 is 0 Å². The average molecular weight is 411 g/mol. The standard InChI is InChI=1S/C20H19F2N7O/c1-2-28-8-6-24-20(28)19-18(13-9-12(21)3-4-14(13)22)25-11-29(19)7-5-16-26-15(23)10-17(30)27-16/h3-4,6,8-11H,2,5,7H2,1H3,(H3,23,26,27,30). The molecule has 0 saturated carbocycles. The van der Waals surface area contributed by atoms with Gasteiger partial charge in [-0.15, -0.1) is 0 Å². The second-order valence-corrected chi connectivity index (χ2v) is 6.66. The minimum Gasteiger partial charge on any atom is -0.383 e. The van der Waals surface area contributed by atoms with Gasteiger partial charge in [-0.2, -0.15) is 0 Å². The zero-order valence-corrected chi connectivity index (χ0v) is 16.1. The van der Waals surface area contributed by atoms with Gasteiger partial charge in [0.25, 0.3) is 5.56 Å². The summed E-state index contributed by atoms with van der Waals surface area (Å²) in [4.78, 5) is 27.2. The fraction of sp³-hybridized carbons (Fsp3) is 0.200. The van der Waals surface area contributed by atoms with E-state index < -0.39 is 11.6 Å². The molecule has 3 heterocycles. The molecule has 0 atom stereocenters. The first-order valence-corrected chi connectivity index (χ1v) is 9.34. The fourth-order valence-corrected chi connectivity index (χ4v) is 3.32. The fourth-order valence-electron chi connectivity index (χ4n) is 3.32. The van der Waals surface area contributed by atoms with Crippen LogP contribution in [0.1, 0.15) is 12.7 Å². The van der Waals surface area contributed by atoms with Crippen LogP contribution < -0.4 is 11.3 Å². The van der Waals surface area contributed by atoms with Gasteiger partial charge in [0.2, 0.25) is 0 Å². The number of aryl methyl sites for hydroxylation is 3. The highest BCUT2D eigenvalue weighted by Gasteiger charge is 2.21. The minimum absolute atomic E-state index is 0.0462. The smallest absolute Gasteiger partial charge is 0.252 e. The minimum atomic E-state index is -0.584. The van der Waals surface area contributed by atoms with Crippen molar-refractivity contribution in [3.05, 3.63) is 70.8 Å². The summed E-state index contributed by atoms with van der Waals surface area (Å²) < 4.78 is 32.0. The van der Waals surface area contributed by atoms with Gasteiger partial charge in [0.15, 0.2) is 5.82 Å². The quantitative estimate of drug-likeness (QED) is 0.507. The molecule has 4 rings (SSSR count). The molecule has 8 nitrogen and oxygen atoms in total. The van der Waals surface area contributed by atoms with Crippen molar-refractivity contribution < 1.29 is 8.78 Å². The summed E-state index contributed by atoms with van der Waals surface area (Å²) in [7, 11) is 0. The number of aromatic amines is 1. The van der Waals surface area contributed by atoms with Crippen molar-refractivity contribution in [3.63, 3.8) is 0 Å². The number of nitrogen functional groups attached to an aromatic ring is 1. The van der Waals surface area contributed by atoms with Crippen LogP contribution in [0.4, 0.5) is 14.6 Å². The van der Waals surface area contributed by atoms with Gasteiger partial charge in [-0.1, -0.05) is 0 Å². The average Bonchev–Trinajstić information content (AvgIpc) is 3.33. The van der Waals surface area contributed by atoms with E-state index in [-0.39, 0.29) is 22.6 Å². The second-order valence-electron chi connectivity index (χ2n) is 6.66. The lowest BCUT2D eigenvalue weighted by molar-refractivity contribution is 0.602. The molecule has 1 aromatic carbocycles. The van der Waals surface area contributed by atoms with Crippen molar-refractivity contribution in [1.29, 1.82) is 0 Å². The first-order chi connectivity index (χ1) is 14.5. The molecule has 0 fully saturated rings. The molecule has 30 heavy (non-hydrogen) atoms. The van der Waals surface area contributed by atoms with Crippen LogP contribution in [0.2, 0.25) is 0 Å². The maximum absolute atomic E-state index is 14.5. The topological polar surface area (TPSA) is 107 Å². The summed E-state index contributed by atoms with van der Waals surface area (Å²) in [5.74, 6) is -0.0325. The van der Waals surface area contributed by atoms with E-state index in [4.69, 9.17) is 5.73 Å². The molecular formula is C20H19F2N7O. The third kappa shape index (κ3) is 3.71. The van der Waals surface area contributed by atoms with E-state index in [1.807, 2.05) is 11.5 Å². The predicted molar refractivity (Wildman–Crippen MR) is 107 cm³/mol. The molecule has 0 saturated heterocycles. The lowest BCUT2D eigenvalue weighted by atomic mass is 10.1. The normalized spacial score (nSPS) is 11.2. The molecule has 0 aliphatic carbocycles. The Bertz CT molecular complexity index is 1260. The van der Waals surface area contributed by atoms with Gasteiger partial charge in [-0.25, -0.2) is 23.7 Å². The number of imidazole rings is 2. The number of aromatic nitrogens is 6. The van der Waals surface area contributed by atoms with Crippen LogP contribution in [-0.2, 0) is 19.5 Å². The highest BCUT2D eigenvalue weighted by molar-refractivity contribution is 5.76. The number of hydrogen-bond acceptors (Lipinski definition) is 5. The second kappa shape index (κ2) is 7.90. The number of H-pyrrole nitrogens is 1. The Balaban J connectivity index is 1.80. The van der Waals surface area contributed by atoms with Crippen molar-refractivity contribution >= 4 is 5.82 Å². The number of nitrogens with two attached hydrogens (primary N) is 1. The molecule has 3 aromatic heterocycles. The molecule has 0 amide bonds. The van der Waals surface area contributed by atoms with E-state index in [1.54, 1.807) is 17.0 Å². The highest BCUT2D eigenvalue weighted by Crippen LogP contribution is 2.32. The van der Waals surface area contributed by atoms with Gasteiger partial charge in [-0.05, 0) is 25.1 Å². The Kier molecular flexibility index (Phi) is 5.13. The summed E-state index contributed by atoms with van der Waals surface area (Å²) in [5.41, 5.74) is 6.17. The third-order valence-electron chi connectivity index (χ3n) is 4.69. The van der Waals surface area contributed by atoms with Crippen molar-refractivity contribution in [1.82, 2.24) is 29.1 Å². The van der Waals surface area contributed by atoms with Gasteiger partial charge in [-0.3, -0.25) is 4.79 Å². The Hall–Kier alpha value is -3.82. The molecule has 4 aromatic rings. The SMILES string of the molecule is CCn1ccnc1-c1c(-c2cc(F)ccc2F)ncn1CCc1nc(N)cc(=O)[nH]1. The maximum atomic E-state index is 14.5. The Morgan fingerprint density at radius 3 is 2.77 bits per heavy atom. The number of halogens is 2. The van der Waals surface area contributed by atoms with E-state index in [0.717, 1.165) is 18.2 Å². The molecule has 10 heteroatoms. The van der Waals surface area contributed by atoms with Crippen LogP contribution in [0.3, 0.4) is 0 Å². The monoisotopic (exact) mass is 411 g/mol. The number of nitrogens with one attached hydrogen (secondary N) is 1. The summed E-state index contributed by atoms with van der Waals surface area (Å²) in [6.45, 7) is 2.95. The van der Waals surface area contributed by atoms with Gasteiger partial charge in [0.05, 0.1) is 6.33 Å². The van der Waals surface area contributed by atoms with E-state index in [1.165, 1.54) is 12.4 Å². The van der Waals surface area contributed by atoms with Gasteiger partial charge >= 0.3 is 0 Å². The summed E-state index contributed by atoms with van der Waals surface area (Å²) in [5, 5.41) is 0. The Labute approximate surface area is 170 Å². The Morgan fingerprint density at radius 2 is 2.00 bits per heavy atom. The zero-order chi connectivity index (χ0) is 21.3. The zero-order valence-electron chi connectivity index (χ0n) is 16.1. The molecule has 0 bridgehead atoms. The molecule has 0 aliphatic rings. The predicted octanol–water partition coefficient (Wildman–Crippen LogP) is 2.62. The van der Waals surface area contributed by atoms with E-state index in [9.17, 15) is 13.6 Å². The molecule has 0 radical (unpaired) electrons. The van der Waals surface area contributed by atoms with Crippen molar-refractivity contribution in [2.45, 2.75) is 26.4 Å². The summed E-state index contributed by atoms with van der Waals surface area (Å²) in [6, 6.07) is 4.45.